The van der Waals surface area contributed by atoms with Crippen molar-refractivity contribution in [3.05, 3.63) is 47.7 Å². The first kappa shape index (κ1) is 14.9. The molecule has 21 heavy (non-hydrogen) atoms. The van der Waals surface area contributed by atoms with Crippen LogP contribution < -0.4 is 4.74 Å². The fourth-order valence-electron chi connectivity index (χ4n) is 1.94. The van der Waals surface area contributed by atoms with Gasteiger partial charge in [0.2, 0.25) is 5.88 Å². The molecule has 0 fully saturated rings. The average molecular weight is 292 g/mol. The van der Waals surface area contributed by atoms with Gasteiger partial charge in [-0.05, 0) is 23.3 Å². The van der Waals surface area contributed by atoms with E-state index in [9.17, 15) is 13.2 Å². The second-order valence-electron chi connectivity index (χ2n) is 4.30. The van der Waals surface area contributed by atoms with Gasteiger partial charge in [-0.2, -0.15) is 18.4 Å². The number of alkyl halides is 3. The van der Waals surface area contributed by atoms with Gasteiger partial charge in [0.25, 0.3) is 0 Å². The molecule has 1 aromatic heterocycles. The number of nitriles is 1. The van der Waals surface area contributed by atoms with Crippen LogP contribution in [0, 0.1) is 11.3 Å². The maximum absolute atomic E-state index is 12.8. The summed E-state index contributed by atoms with van der Waals surface area (Å²) in [7, 11) is 1.43. The molecule has 2 rings (SSSR count). The number of nitrogens with zero attached hydrogens (tertiary/aromatic N) is 2. The Kier molecular flexibility index (Phi) is 4.13. The predicted molar refractivity (Wildman–Crippen MR) is 70.5 cm³/mol. The summed E-state index contributed by atoms with van der Waals surface area (Å²) in [5.41, 5.74) is 0.691. The molecule has 108 valence electrons. The largest absolute Gasteiger partial charge is 0.481 e. The van der Waals surface area contributed by atoms with E-state index >= 15 is 0 Å². The smallest absolute Gasteiger partial charge is 0.416 e. The van der Waals surface area contributed by atoms with E-state index in [-0.39, 0.29) is 6.42 Å². The third kappa shape index (κ3) is 3.31. The summed E-state index contributed by atoms with van der Waals surface area (Å²) >= 11 is 0. The third-order valence-corrected chi connectivity index (χ3v) is 2.94. The van der Waals surface area contributed by atoms with E-state index in [2.05, 4.69) is 4.98 Å². The molecule has 0 N–H and O–H groups in total. The Morgan fingerprint density at radius 2 is 2.05 bits per heavy atom. The zero-order valence-electron chi connectivity index (χ0n) is 11.1. The summed E-state index contributed by atoms with van der Waals surface area (Å²) in [6.45, 7) is 0. The molecule has 0 radical (unpaired) electrons. The monoisotopic (exact) mass is 292 g/mol. The zero-order chi connectivity index (χ0) is 15.5. The number of hydrogen-bond donors (Lipinski definition) is 0. The molecule has 0 amide bonds. The summed E-state index contributed by atoms with van der Waals surface area (Å²) in [5, 5.41) is 8.85. The van der Waals surface area contributed by atoms with Gasteiger partial charge < -0.3 is 4.74 Å². The number of benzene rings is 1. The maximum Gasteiger partial charge on any atom is 0.416 e. The Bertz CT molecular complexity index is 690. The molecule has 0 unspecified atom stereocenters. The highest BCUT2D eigenvalue weighted by Gasteiger charge is 2.30. The van der Waals surface area contributed by atoms with Gasteiger partial charge in [-0.15, -0.1) is 0 Å². The molecule has 2 aromatic rings. The Labute approximate surface area is 119 Å². The van der Waals surface area contributed by atoms with E-state index in [1.54, 1.807) is 12.1 Å². The summed E-state index contributed by atoms with van der Waals surface area (Å²) in [4.78, 5) is 4.00. The first-order valence-electron chi connectivity index (χ1n) is 6.03. The molecular formula is C15H11F3N2O. The van der Waals surface area contributed by atoms with Crippen LogP contribution in [0.5, 0.6) is 5.88 Å². The highest BCUT2D eigenvalue weighted by Crippen LogP contribution is 2.33. The highest BCUT2D eigenvalue weighted by atomic mass is 19.4. The molecule has 0 aliphatic carbocycles. The van der Waals surface area contributed by atoms with Crippen molar-refractivity contribution in [2.45, 2.75) is 12.6 Å². The molecular weight excluding hydrogens is 281 g/mol. The number of pyridine rings is 1. The van der Waals surface area contributed by atoms with Crippen LogP contribution in [0.15, 0.2) is 36.5 Å². The fourth-order valence-corrected chi connectivity index (χ4v) is 1.94. The van der Waals surface area contributed by atoms with Crippen molar-refractivity contribution in [2.24, 2.45) is 0 Å². The van der Waals surface area contributed by atoms with Crippen LogP contribution in [0.3, 0.4) is 0 Å². The van der Waals surface area contributed by atoms with Gasteiger partial charge in [-0.3, -0.25) is 0 Å². The minimum Gasteiger partial charge on any atom is -0.481 e. The number of rotatable bonds is 3. The van der Waals surface area contributed by atoms with Gasteiger partial charge in [-0.25, -0.2) is 4.98 Å². The van der Waals surface area contributed by atoms with E-state index in [0.717, 1.165) is 12.1 Å². The lowest BCUT2D eigenvalue weighted by molar-refractivity contribution is -0.137. The van der Waals surface area contributed by atoms with Crippen molar-refractivity contribution in [1.29, 1.82) is 5.26 Å². The van der Waals surface area contributed by atoms with Crippen LogP contribution >= 0.6 is 0 Å². The molecule has 6 heteroatoms. The Morgan fingerprint density at radius 1 is 1.29 bits per heavy atom. The van der Waals surface area contributed by atoms with Gasteiger partial charge in [-0.1, -0.05) is 12.1 Å². The SMILES string of the molecule is COc1cc(CC#N)c(-c2cccc(C(F)(F)F)c2)cn1. The number of methoxy groups -OCH3 is 1. The van der Waals surface area contributed by atoms with Crippen molar-refractivity contribution >= 4 is 0 Å². The quantitative estimate of drug-likeness (QED) is 0.863. The van der Waals surface area contributed by atoms with Crippen molar-refractivity contribution in [3.8, 4) is 23.1 Å². The van der Waals surface area contributed by atoms with Gasteiger partial charge in [0.15, 0.2) is 0 Å². The molecule has 0 spiro atoms. The van der Waals surface area contributed by atoms with Crippen LogP contribution in [-0.4, -0.2) is 12.1 Å². The highest BCUT2D eigenvalue weighted by molar-refractivity contribution is 5.68. The van der Waals surface area contributed by atoms with Gasteiger partial charge in [0.05, 0.1) is 25.2 Å². The van der Waals surface area contributed by atoms with E-state index in [1.807, 2.05) is 6.07 Å². The van der Waals surface area contributed by atoms with Gasteiger partial charge in [0.1, 0.15) is 0 Å². The minimum atomic E-state index is -4.41. The summed E-state index contributed by atoms with van der Waals surface area (Å²) in [6, 6.07) is 8.48. The molecule has 1 heterocycles. The molecule has 0 saturated carbocycles. The second-order valence-corrected chi connectivity index (χ2v) is 4.30. The Morgan fingerprint density at radius 3 is 2.67 bits per heavy atom. The Hall–Kier alpha value is -2.55. The minimum absolute atomic E-state index is 0.0600. The molecule has 0 bridgehead atoms. The zero-order valence-corrected chi connectivity index (χ0v) is 11.1. The number of aromatic nitrogens is 1. The Balaban J connectivity index is 2.54. The average Bonchev–Trinajstić information content (AvgIpc) is 2.47. The number of hydrogen-bond acceptors (Lipinski definition) is 3. The first-order chi connectivity index (χ1) is 9.95. The topological polar surface area (TPSA) is 45.9 Å². The number of halogens is 3. The molecule has 3 nitrogen and oxygen atoms in total. The maximum atomic E-state index is 12.8. The summed E-state index contributed by atoms with van der Waals surface area (Å²) < 4.78 is 43.3. The van der Waals surface area contributed by atoms with Crippen molar-refractivity contribution in [2.75, 3.05) is 7.11 Å². The van der Waals surface area contributed by atoms with Gasteiger partial charge >= 0.3 is 6.18 Å². The van der Waals surface area contributed by atoms with Crippen molar-refractivity contribution < 1.29 is 17.9 Å². The molecule has 0 aliphatic heterocycles. The van der Waals surface area contributed by atoms with Crippen molar-refractivity contribution in [1.82, 2.24) is 4.98 Å². The molecule has 0 saturated heterocycles. The normalized spacial score (nSPS) is 11.0. The summed E-state index contributed by atoms with van der Waals surface area (Å²) in [5.74, 6) is 0.316. The van der Waals surface area contributed by atoms with E-state index in [1.165, 1.54) is 19.4 Å². The van der Waals surface area contributed by atoms with Crippen LogP contribution in [0.1, 0.15) is 11.1 Å². The lowest BCUT2D eigenvalue weighted by Crippen LogP contribution is -2.04. The molecule has 0 aliphatic rings. The fraction of sp³-hybridized carbons (Fsp3) is 0.200. The van der Waals surface area contributed by atoms with Crippen LogP contribution in [0.2, 0.25) is 0 Å². The van der Waals surface area contributed by atoms with Crippen LogP contribution in [-0.2, 0) is 12.6 Å². The first-order valence-corrected chi connectivity index (χ1v) is 6.03. The predicted octanol–water partition coefficient (Wildman–Crippen LogP) is 3.84. The van der Waals surface area contributed by atoms with E-state index in [4.69, 9.17) is 10.00 Å². The lowest BCUT2D eigenvalue weighted by Gasteiger charge is -2.11. The lowest BCUT2D eigenvalue weighted by atomic mass is 9.98. The molecule has 1 aromatic carbocycles. The van der Waals surface area contributed by atoms with E-state index in [0.29, 0.717) is 22.6 Å². The number of ether oxygens (including phenoxy) is 1. The summed E-state index contributed by atoms with van der Waals surface area (Å²) in [6.07, 6.45) is -2.93. The molecule has 0 atom stereocenters. The van der Waals surface area contributed by atoms with Crippen LogP contribution in [0.25, 0.3) is 11.1 Å². The third-order valence-electron chi connectivity index (χ3n) is 2.94. The van der Waals surface area contributed by atoms with Gasteiger partial charge in [0, 0.05) is 17.8 Å². The van der Waals surface area contributed by atoms with Crippen LogP contribution in [0.4, 0.5) is 13.2 Å². The van der Waals surface area contributed by atoms with Crippen molar-refractivity contribution in [3.63, 3.8) is 0 Å². The standard InChI is InChI=1S/C15H11F3N2O/c1-21-14-8-11(5-6-19)13(9-20-14)10-3-2-4-12(7-10)15(16,17)18/h2-4,7-9H,5H2,1H3. The second kappa shape index (κ2) is 5.83. The van der Waals surface area contributed by atoms with E-state index < -0.39 is 11.7 Å².